The zero-order valence-corrected chi connectivity index (χ0v) is 13.3. The topological polar surface area (TPSA) is 29.1 Å². The second-order valence-electron chi connectivity index (χ2n) is 5.54. The van der Waals surface area contributed by atoms with Gasteiger partial charge in [-0.2, -0.15) is 0 Å². The molecule has 0 bridgehead atoms. The van der Waals surface area contributed by atoms with Crippen LogP contribution < -0.4 is 5.32 Å². The van der Waals surface area contributed by atoms with Gasteiger partial charge in [0.05, 0.1) is 0 Å². The van der Waals surface area contributed by atoms with Crippen LogP contribution in [-0.2, 0) is 4.79 Å². The van der Waals surface area contributed by atoms with Gasteiger partial charge >= 0.3 is 0 Å². The largest absolute Gasteiger partial charge is 0.356 e. The predicted octanol–water partition coefficient (Wildman–Crippen LogP) is 4.99. The maximum atomic E-state index is 11.1. The summed E-state index contributed by atoms with van der Waals surface area (Å²) in [5, 5.41) is 2.62. The Labute approximate surface area is 120 Å². The summed E-state index contributed by atoms with van der Waals surface area (Å²) in [6, 6.07) is 0. The molecule has 0 saturated heterocycles. The Kier molecular flexibility index (Phi) is 13.1. The van der Waals surface area contributed by atoms with Crippen LogP contribution >= 0.6 is 0 Å². The molecule has 0 radical (unpaired) electrons. The summed E-state index contributed by atoms with van der Waals surface area (Å²) < 4.78 is 0. The van der Waals surface area contributed by atoms with Crippen molar-refractivity contribution in [1.82, 2.24) is 5.32 Å². The van der Waals surface area contributed by atoms with E-state index in [9.17, 15) is 4.79 Å². The van der Waals surface area contributed by atoms with Gasteiger partial charge in [-0.1, -0.05) is 70.3 Å². The number of likely N-dealkylation sites (N-methyl/N-ethyl adjacent to an activating group) is 1. The van der Waals surface area contributed by atoms with Crippen molar-refractivity contribution < 1.29 is 4.79 Å². The number of carbonyl (C=O) groups is 1. The third-order valence-electron chi connectivity index (χ3n) is 3.55. The molecule has 2 nitrogen and oxygen atoms in total. The summed E-state index contributed by atoms with van der Waals surface area (Å²) >= 11 is 0. The maximum Gasteiger partial charge on any atom is 0.243 e. The van der Waals surface area contributed by atoms with Crippen molar-refractivity contribution in [2.75, 3.05) is 7.05 Å². The Balaban J connectivity index is 3.27. The second kappa shape index (κ2) is 13.6. The van der Waals surface area contributed by atoms with Gasteiger partial charge in [0, 0.05) is 13.1 Å². The Morgan fingerprint density at radius 3 is 1.84 bits per heavy atom. The molecule has 1 N–H and O–H groups in total. The van der Waals surface area contributed by atoms with E-state index < -0.39 is 0 Å². The fourth-order valence-electron chi connectivity index (χ4n) is 2.26. The summed E-state index contributed by atoms with van der Waals surface area (Å²) in [6.07, 6.45) is 16.4. The second-order valence-corrected chi connectivity index (χ2v) is 5.54. The summed E-state index contributed by atoms with van der Waals surface area (Å²) in [5.74, 6) is 0.0181. The number of amides is 1. The van der Waals surface area contributed by atoms with Gasteiger partial charge in [-0.15, -0.1) is 0 Å². The summed E-state index contributed by atoms with van der Waals surface area (Å²) in [7, 11) is 1.67. The van der Waals surface area contributed by atoms with Gasteiger partial charge < -0.3 is 5.32 Å². The average Bonchev–Trinajstić information content (AvgIpc) is 2.40. The van der Waals surface area contributed by atoms with E-state index in [-0.39, 0.29) is 5.91 Å². The van der Waals surface area contributed by atoms with Crippen molar-refractivity contribution in [3.05, 3.63) is 11.6 Å². The molecule has 0 heterocycles. The van der Waals surface area contributed by atoms with E-state index >= 15 is 0 Å². The lowest BCUT2D eigenvalue weighted by Crippen LogP contribution is -2.14. The van der Waals surface area contributed by atoms with E-state index in [1.54, 1.807) is 13.1 Å². The highest BCUT2D eigenvalue weighted by molar-refractivity contribution is 5.87. The lowest BCUT2D eigenvalue weighted by atomic mass is 10.0. The minimum atomic E-state index is 0.0181. The van der Waals surface area contributed by atoms with Crippen LogP contribution in [0.25, 0.3) is 0 Å². The molecule has 0 aromatic heterocycles. The average molecular weight is 267 g/mol. The monoisotopic (exact) mass is 267 g/mol. The molecule has 0 aromatic carbocycles. The molecule has 0 rings (SSSR count). The third kappa shape index (κ3) is 13.4. The molecule has 0 aliphatic carbocycles. The Morgan fingerprint density at radius 1 is 0.895 bits per heavy atom. The van der Waals surface area contributed by atoms with Gasteiger partial charge in [-0.05, 0) is 19.8 Å². The molecule has 0 aromatic rings. The molecular weight excluding hydrogens is 234 g/mol. The molecule has 19 heavy (non-hydrogen) atoms. The first kappa shape index (κ1) is 18.2. The normalized spacial score (nSPS) is 11.6. The SMILES string of the molecule is CCCCCCCCCCCC/C(C)=C/C(=O)NC. The van der Waals surface area contributed by atoms with Crippen LogP contribution in [0.15, 0.2) is 11.6 Å². The molecule has 0 spiro atoms. The van der Waals surface area contributed by atoms with E-state index in [1.165, 1.54) is 69.8 Å². The first-order chi connectivity index (χ1) is 9.20. The third-order valence-corrected chi connectivity index (χ3v) is 3.55. The number of hydrogen-bond donors (Lipinski definition) is 1. The van der Waals surface area contributed by atoms with Crippen molar-refractivity contribution in [1.29, 1.82) is 0 Å². The lowest BCUT2D eigenvalue weighted by Gasteiger charge is -2.03. The van der Waals surface area contributed by atoms with E-state index in [0.29, 0.717) is 0 Å². The van der Waals surface area contributed by atoms with Crippen LogP contribution in [0.1, 0.15) is 84.5 Å². The molecule has 2 heteroatoms. The van der Waals surface area contributed by atoms with Crippen LogP contribution in [0.5, 0.6) is 0 Å². The molecule has 0 unspecified atom stereocenters. The van der Waals surface area contributed by atoms with E-state index in [1.807, 2.05) is 6.92 Å². The smallest absolute Gasteiger partial charge is 0.243 e. The zero-order valence-electron chi connectivity index (χ0n) is 13.3. The zero-order chi connectivity index (χ0) is 14.3. The number of nitrogens with one attached hydrogen (secondary N) is 1. The van der Waals surface area contributed by atoms with Crippen LogP contribution in [0.2, 0.25) is 0 Å². The highest BCUT2D eigenvalue weighted by Crippen LogP contribution is 2.13. The minimum absolute atomic E-state index is 0.0181. The molecular formula is C17H33NO. The number of hydrogen-bond acceptors (Lipinski definition) is 1. The lowest BCUT2D eigenvalue weighted by molar-refractivity contribution is -0.116. The van der Waals surface area contributed by atoms with Gasteiger partial charge in [0.25, 0.3) is 0 Å². The first-order valence-electron chi connectivity index (χ1n) is 8.09. The van der Waals surface area contributed by atoms with E-state index in [0.717, 1.165) is 6.42 Å². The molecule has 0 fully saturated rings. The number of allylic oxidation sites excluding steroid dienone is 1. The van der Waals surface area contributed by atoms with Gasteiger partial charge in [-0.3, -0.25) is 4.79 Å². The standard InChI is InChI=1S/C17H33NO/c1-4-5-6-7-8-9-10-11-12-13-14-16(2)15-17(19)18-3/h15H,4-14H2,1-3H3,(H,18,19)/b16-15+. The van der Waals surface area contributed by atoms with Crippen molar-refractivity contribution in [2.24, 2.45) is 0 Å². The molecule has 1 amide bonds. The molecule has 112 valence electrons. The molecule has 0 aliphatic heterocycles. The highest BCUT2D eigenvalue weighted by atomic mass is 16.1. The van der Waals surface area contributed by atoms with Crippen LogP contribution in [0, 0.1) is 0 Å². The Morgan fingerprint density at radius 2 is 1.37 bits per heavy atom. The molecule has 0 atom stereocenters. The van der Waals surface area contributed by atoms with E-state index in [2.05, 4.69) is 12.2 Å². The minimum Gasteiger partial charge on any atom is -0.356 e. The Hall–Kier alpha value is -0.790. The first-order valence-corrected chi connectivity index (χ1v) is 8.09. The predicted molar refractivity (Wildman–Crippen MR) is 84.3 cm³/mol. The summed E-state index contributed by atoms with van der Waals surface area (Å²) in [4.78, 5) is 11.1. The fraction of sp³-hybridized carbons (Fsp3) is 0.824. The van der Waals surface area contributed by atoms with Crippen molar-refractivity contribution in [2.45, 2.75) is 84.5 Å². The van der Waals surface area contributed by atoms with Crippen LogP contribution in [0.4, 0.5) is 0 Å². The van der Waals surface area contributed by atoms with Gasteiger partial charge in [0.1, 0.15) is 0 Å². The highest BCUT2D eigenvalue weighted by Gasteiger charge is 1.96. The van der Waals surface area contributed by atoms with Crippen LogP contribution in [-0.4, -0.2) is 13.0 Å². The number of unbranched alkanes of at least 4 members (excludes halogenated alkanes) is 9. The summed E-state index contributed by atoms with van der Waals surface area (Å²) in [6.45, 7) is 4.31. The molecule has 0 aliphatic rings. The van der Waals surface area contributed by atoms with Gasteiger partial charge in [0.2, 0.25) is 5.91 Å². The van der Waals surface area contributed by atoms with Gasteiger partial charge in [0.15, 0.2) is 0 Å². The molecule has 0 saturated carbocycles. The van der Waals surface area contributed by atoms with Crippen molar-refractivity contribution in [3.8, 4) is 0 Å². The van der Waals surface area contributed by atoms with Crippen molar-refractivity contribution in [3.63, 3.8) is 0 Å². The fourth-order valence-corrected chi connectivity index (χ4v) is 2.26. The van der Waals surface area contributed by atoms with Gasteiger partial charge in [-0.25, -0.2) is 0 Å². The van der Waals surface area contributed by atoms with Crippen molar-refractivity contribution >= 4 is 5.91 Å². The van der Waals surface area contributed by atoms with Crippen LogP contribution in [0.3, 0.4) is 0 Å². The summed E-state index contributed by atoms with van der Waals surface area (Å²) in [5.41, 5.74) is 1.19. The quantitative estimate of drug-likeness (QED) is 0.392. The maximum absolute atomic E-state index is 11.1. The number of rotatable bonds is 12. The number of carbonyl (C=O) groups excluding carboxylic acids is 1. The Bertz CT molecular complexity index is 246. The van der Waals surface area contributed by atoms with E-state index in [4.69, 9.17) is 0 Å².